The zero-order valence-electron chi connectivity index (χ0n) is 15.3. The van der Waals surface area contributed by atoms with E-state index in [0.29, 0.717) is 28.9 Å². The van der Waals surface area contributed by atoms with E-state index in [1.165, 1.54) is 21.7 Å². The Labute approximate surface area is 167 Å². The van der Waals surface area contributed by atoms with Gasteiger partial charge in [-0.05, 0) is 36.8 Å². The van der Waals surface area contributed by atoms with Crippen molar-refractivity contribution in [3.63, 3.8) is 0 Å². The van der Waals surface area contributed by atoms with Gasteiger partial charge in [-0.3, -0.25) is 4.79 Å². The summed E-state index contributed by atoms with van der Waals surface area (Å²) in [4.78, 5) is 15.4. The molecule has 1 saturated heterocycles. The Bertz CT molecular complexity index is 1130. The summed E-state index contributed by atoms with van der Waals surface area (Å²) in [5.74, 6) is -0.501. The summed E-state index contributed by atoms with van der Waals surface area (Å²) in [5.41, 5.74) is 0.641. The zero-order valence-corrected chi connectivity index (χ0v) is 16.9. The highest BCUT2D eigenvalue weighted by molar-refractivity contribution is 7.89. The molecule has 1 aliphatic rings. The van der Waals surface area contributed by atoms with E-state index in [1.807, 2.05) is 0 Å². The fraction of sp³-hybridized carbons (Fsp3) is 0.250. The second-order valence-corrected chi connectivity index (χ2v) is 9.67. The number of carbonyl (C=O) groups excluding carboxylic acids is 1. The summed E-state index contributed by atoms with van der Waals surface area (Å²) >= 11 is 1.28. The van der Waals surface area contributed by atoms with Crippen molar-refractivity contribution >= 4 is 37.4 Å². The minimum atomic E-state index is -3.56. The highest BCUT2D eigenvalue weighted by atomic mass is 32.2. The van der Waals surface area contributed by atoms with Crippen molar-refractivity contribution in [1.29, 1.82) is 0 Å². The van der Waals surface area contributed by atoms with Crippen molar-refractivity contribution in [2.24, 2.45) is 0 Å². The molecule has 0 N–H and O–H groups in total. The molecule has 146 valence electrons. The molecule has 1 amide bonds. The zero-order chi connectivity index (χ0) is 19.9. The van der Waals surface area contributed by atoms with Gasteiger partial charge in [-0.15, -0.1) is 11.3 Å². The molecule has 1 aromatic heterocycles. The van der Waals surface area contributed by atoms with Crippen LogP contribution in [0.1, 0.15) is 15.2 Å². The first-order valence-electron chi connectivity index (χ1n) is 8.91. The number of nitrogens with zero attached hydrogens (tertiary/aromatic N) is 2. The van der Waals surface area contributed by atoms with Crippen LogP contribution in [0.5, 0.6) is 0 Å². The molecule has 2 heterocycles. The number of sulfonamides is 1. The van der Waals surface area contributed by atoms with Gasteiger partial charge in [0.2, 0.25) is 10.0 Å². The van der Waals surface area contributed by atoms with Crippen LogP contribution in [0, 0.1) is 12.7 Å². The highest BCUT2D eigenvalue weighted by Gasteiger charge is 2.31. The van der Waals surface area contributed by atoms with Gasteiger partial charge in [0.05, 0.1) is 9.77 Å². The van der Waals surface area contributed by atoms with Gasteiger partial charge < -0.3 is 4.90 Å². The molecule has 2 aromatic carbocycles. The van der Waals surface area contributed by atoms with Crippen molar-refractivity contribution in [2.45, 2.75) is 11.8 Å². The first-order chi connectivity index (χ1) is 13.4. The van der Waals surface area contributed by atoms with E-state index in [9.17, 15) is 17.6 Å². The van der Waals surface area contributed by atoms with Crippen LogP contribution in [0.3, 0.4) is 0 Å². The standard InChI is InChI=1S/C20H19FN2O3S2/c1-14-18-16(21)8-5-9-17(18)27-19(14)20(24)22-10-12-23(13-11-22)28(25,26)15-6-3-2-4-7-15/h2-9H,10-13H2,1H3. The predicted molar refractivity (Wildman–Crippen MR) is 108 cm³/mol. The van der Waals surface area contributed by atoms with Crippen LogP contribution in [0.15, 0.2) is 53.4 Å². The second kappa shape index (κ2) is 7.27. The van der Waals surface area contributed by atoms with Gasteiger partial charge in [0.1, 0.15) is 5.82 Å². The Kier molecular flexibility index (Phi) is 4.95. The van der Waals surface area contributed by atoms with Crippen molar-refractivity contribution in [2.75, 3.05) is 26.2 Å². The summed E-state index contributed by atoms with van der Waals surface area (Å²) in [5, 5.41) is 0.487. The van der Waals surface area contributed by atoms with Crippen LogP contribution in [0.2, 0.25) is 0 Å². The fourth-order valence-corrected chi connectivity index (χ4v) is 6.11. The Morgan fingerprint density at radius 3 is 2.32 bits per heavy atom. The number of piperazine rings is 1. The summed E-state index contributed by atoms with van der Waals surface area (Å²) < 4.78 is 41.7. The lowest BCUT2D eigenvalue weighted by atomic mass is 10.1. The van der Waals surface area contributed by atoms with E-state index in [4.69, 9.17) is 0 Å². The summed E-state index contributed by atoms with van der Waals surface area (Å²) in [7, 11) is -3.56. The maximum atomic E-state index is 14.1. The Morgan fingerprint density at radius 1 is 1.00 bits per heavy atom. The third-order valence-electron chi connectivity index (χ3n) is 5.00. The number of aryl methyl sites for hydroxylation is 1. The molecule has 0 unspecified atom stereocenters. The van der Waals surface area contributed by atoms with E-state index in [2.05, 4.69) is 0 Å². The molecule has 1 aliphatic heterocycles. The molecule has 0 saturated carbocycles. The number of fused-ring (bicyclic) bond motifs is 1. The van der Waals surface area contributed by atoms with E-state index < -0.39 is 10.0 Å². The number of halogens is 1. The number of carbonyl (C=O) groups is 1. The molecule has 1 fully saturated rings. The summed E-state index contributed by atoms with van der Waals surface area (Å²) in [6.07, 6.45) is 0. The second-order valence-electron chi connectivity index (χ2n) is 6.68. The van der Waals surface area contributed by atoms with Gasteiger partial charge >= 0.3 is 0 Å². The number of hydrogen-bond acceptors (Lipinski definition) is 4. The van der Waals surface area contributed by atoms with Gasteiger partial charge in [0.25, 0.3) is 5.91 Å². The molecule has 4 rings (SSSR count). The summed E-state index contributed by atoms with van der Waals surface area (Å²) in [6, 6.07) is 13.1. The molecule has 0 atom stereocenters. The molecule has 28 heavy (non-hydrogen) atoms. The monoisotopic (exact) mass is 418 g/mol. The fourth-order valence-electron chi connectivity index (χ4n) is 3.47. The quantitative estimate of drug-likeness (QED) is 0.654. The highest BCUT2D eigenvalue weighted by Crippen LogP contribution is 2.33. The number of rotatable bonds is 3. The lowest BCUT2D eigenvalue weighted by Crippen LogP contribution is -2.50. The molecule has 0 bridgehead atoms. The van der Waals surface area contributed by atoms with Crippen LogP contribution in [-0.2, 0) is 10.0 Å². The van der Waals surface area contributed by atoms with Crippen molar-refractivity contribution in [1.82, 2.24) is 9.21 Å². The number of amides is 1. The van der Waals surface area contributed by atoms with Gasteiger partial charge in [-0.25, -0.2) is 12.8 Å². The minimum Gasteiger partial charge on any atom is -0.335 e. The SMILES string of the molecule is Cc1c(C(=O)N2CCN(S(=O)(=O)c3ccccc3)CC2)sc2cccc(F)c12. The maximum absolute atomic E-state index is 14.1. The predicted octanol–water partition coefficient (Wildman–Crippen LogP) is 3.50. The third kappa shape index (κ3) is 3.21. The normalized spacial score (nSPS) is 15.9. The van der Waals surface area contributed by atoms with Gasteiger partial charge in [0.15, 0.2) is 0 Å². The largest absolute Gasteiger partial charge is 0.335 e. The molecule has 3 aromatic rings. The van der Waals surface area contributed by atoms with Gasteiger partial charge in [-0.1, -0.05) is 24.3 Å². The van der Waals surface area contributed by atoms with E-state index in [1.54, 1.807) is 54.3 Å². The van der Waals surface area contributed by atoms with Crippen LogP contribution >= 0.6 is 11.3 Å². The van der Waals surface area contributed by atoms with Crippen LogP contribution in [-0.4, -0.2) is 49.7 Å². The van der Waals surface area contributed by atoms with Gasteiger partial charge in [-0.2, -0.15) is 4.31 Å². The molecule has 0 aliphatic carbocycles. The number of hydrogen-bond donors (Lipinski definition) is 0. The molecule has 0 spiro atoms. The summed E-state index contributed by atoms with van der Waals surface area (Å²) in [6.45, 7) is 2.84. The molecule has 0 radical (unpaired) electrons. The third-order valence-corrected chi connectivity index (χ3v) is 8.16. The van der Waals surface area contributed by atoms with Crippen molar-refractivity contribution in [3.05, 3.63) is 64.8 Å². The van der Waals surface area contributed by atoms with Crippen LogP contribution in [0.25, 0.3) is 10.1 Å². The first kappa shape index (κ1) is 19.0. The average molecular weight is 419 g/mol. The lowest BCUT2D eigenvalue weighted by Gasteiger charge is -2.34. The average Bonchev–Trinajstić information content (AvgIpc) is 3.06. The lowest BCUT2D eigenvalue weighted by molar-refractivity contribution is 0.0702. The Hall–Kier alpha value is -2.29. The molecular weight excluding hydrogens is 399 g/mol. The number of thiophene rings is 1. The Morgan fingerprint density at radius 2 is 1.68 bits per heavy atom. The smallest absolute Gasteiger partial charge is 0.264 e. The van der Waals surface area contributed by atoms with E-state index in [-0.39, 0.29) is 29.7 Å². The van der Waals surface area contributed by atoms with Crippen molar-refractivity contribution < 1.29 is 17.6 Å². The topological polar surface area (TPSA) is 57.7 Å². The van der Waals surface area contributed by atoms with E-state index in [0.717, 1.165) is 4.70 Å². The molecule has 5 nitrogen and oxygen atoms in total. The van der Waals surface area contributed by atoms with Gasteiger partial charge in [0, 0.05) is 36.3 Å². The van der Waals surface area contributed by atoms with E-state index >= 15 is 0 Å². The minimum absolute atomic E-state index is 0.171. The van der Waals surface area contributed by atoms with Crippen LogP contribution < -0.4 is 0 Å². The number of benzene rings is 2. The van der Waals surface area contributed by atoms with Crippen LogP contribution in [0.4, 0.5) is 4.39 Å². The molecule has 8 heteroatoms. The van der Waals surface area contributed by atoms with Crippen molar-refractivity contribution in [3.8, 4) is 0 Å². The Balaban J connectivity index is 1.52. The first-order valence-corrected chi connectivity index (χ1v) is 11.2. The molecular formula is C20H19FN2O3S2. The maximum Gasteiger partial charge on any atom is 0.264 e.